The zero-order chi connectivity index (χ0) is 28.5. The Kier molecular flexibility index (Phi) is 8.28. The van der Waals surface area contributed by atoms with Gasteiger partial charge in [0.15, 0.2) is 0 Å². The number of anilines is 1. The Hall–Kier alpha value is -3.37. The fraction of sp³-hybridized carbons (Fsp3) is 0.370. The van der Waals surface area contributed by atoms with Crippen molar-refractivity contribution in [3.8, 4) is 0 Å². The number of methoxy groups -OCH3 is 1. The predicted octanol–water partition coefficient (Wildman–Crippen LogP) is 8.15. The third-order valence-corrected chi connectivity index (χ3v) is 6.33. The van der Waals surface area contributed by atoms with Crippen LogP contribution in [-0.4, -0.2) is 19.3 Å². The predicted molar refractivity (Wildman–Crippen MR) is 126 cm³/mol. The number of rotatable bonds is 7. The minimum Gasteiger partial charge on any atom is -0.469 e. The quantitative estimate of drug-likeness (QED) is 0.281. The first kappa shape index (κ1) is 29.2. The highest BCUT2D eigenvalue weighted by molar-refractivity contribution is 5.78. The first-order valence-corrected chi connectivity index (χ1v) is 11.5. The maximum atomic E-state index is 15.0. The number of esters is 1. The molecule has 38 heavy (non-hydrogen) atoms. The van der Waals surface area contributed by atoms with Crippen molar-refractivity contribution in [2.24, 2.45) is 17.3 Å². The molecule has 0 aromatic heterocycles. The number of nitrogens with one attached hydrogen (secondary N) is 1. The summed E-state index contributed by atoms with van der Waals surface area (Å²) in [7, 11) is 0.947. The molecule has 2 unspecified atom stereocenters. The molecule has 3 nitrogen and oxygen atoms in total. The Morgan fingerprint density at radius 2 is 1.68 bits per heavy atom. The van der Waals surface area contributed by atoms with Crippen molar-refractivity contribution in [3.63, 3.8) is 0 Å². The highest BCUT2D eigenvalue weighted by Gasteiger charge is 2.61. The molecule has 0 aliphatic heterocycles. The number of hydrogen-bond acceptors (Lipinski definition) is 3. The van der Waals surface area contributed by atoms with Gasteiger partial charge in [-0.1, -0.05) is 26.0 Å². The Morgan fingerprint density at radius 1 is 1.03 bits per heavy atom. The smallest absolute Gasteiger partial charge is 0.418 e. The second-order valence-corrected chi connectivity index (χ2v) is 9.51. The summed E-state index contributed by atoms with van der Waals surface area (Å²) in [6, 6.07) is 6.41. The number of hydrogen-bond donors (Lipinski definition) is 1. The van der Waals surface area contributed by atoms with E-state index in [0.29, 0.717) is 6.08 Å². The van der Waals surface area contributed by atoms with E-state index >= 15 is 0 Å². The average Bonchev–Trinajstić information content (AvgIpc) is 2.81. The van der Waals surface area contributed by atoms with Gasteiger partial charge in [-0.15, -0.1) is 0 Å². The lowest BCUT2D eigenvalue weighted by atomic mass is 9.64. The lowest BCUT2D eigenvalue weighted by molar-refractivity contribution is -0.228. The van der Waals surface area contributed by atoms with E-state index in [0.717, 1.165) is 37.5 Å². The maximum absolute atomic E-state index is 15.0. The van der Waals surface area contributed by atoms with Crippen LogP contribution in [0.1, 0.15) is 37.8 Å². The summed E-state index contributed by atoms with van der Waals surface area (Å²) in [5, 5.41) is 2.34. The van der Waals surface area contributed by atoms with Crippen molar-refractivity contribution in [3.05, 3.63) is 83.1 Å². The molecule has 0 amide bonds. The normalized spacial score (nSPS) is 19.1. The van der Waals surface area contributed by atoms with Gasteiger partial charge >= 0.3 is 18.3 Å². The summed E-state index contributed by atoms with van der Waals surface area (Å²) in [6.45, 7) is 3.23. The van der Waals surface area contributed by atoms with E-state index in [1.807, 2.05) is 0 Å². The standard InChI is InChI=1S/C27H25F8NO2/c1-15(2)9-22(24(37)38-3)25(27(33,34)35)13-17(16-5-4-6-18(28)10-16)11-20(14-25)36-23-8-7-19(29)12-21(23)26(30,31)32/h4-8,10-12,14-15,22,36H,9,13H2,1-3H3. The molecule has 2 atom stereocenters. The van der Waals surface area contributed by atoms with Crippen LogP contribution in [0.15, 0.2) is 60.3 Å². The van der Waals surface area contributed by atoms with Gasteiger partial charge < -0.3 is 10.1 Å². The van der Waals surface area contributed by atoms with Crippen LogP contribution in [0.3, 0.4) is 0 Å². The van der Waals surface area contributed by atoms with E-state index in [9.17, 15) is 39.9 Å². The Morgan fingerprint density at radius 3 is 2.24 bits per heavy atom. The minimum atomic E-state index is -5.07. The molecular formula is C27H25F8NO2. The van der Waals surface area contributed by atoms with Crippen molar-refractivity contribution in [1.82, 2.24) is 0 Å². The van der Waals surface area contributed by atoms with Crippen molar-refractivity contribution >= 4 is 17.2 Å². The molecule has 0 saturated carbocycles. The van der Waals surface area contributed by atoms with Gasteiger partial charge in [0.25, 0.3) is 0 Å². The fourth-order valence-corrected chi connectivity index (χ4v) is 4.62. The van der Waals surface area contributed by atoms with E-state index < -0.39 is 64.7 Å². The van der Waals surface area contributed by atoms with E-state index in [-0.39, 0.29) is 29.5 Å². The van der Waals surface area contributed by atoms with Gasteiger partial charge in [0.1, 0.15) is 17.0 Å². The van der Waals surface area contributed by atoms with Gasteiger partial charge in [-0.2, -0.15) is 26.3 Å². The topological polar surface area (TPSA) is 38.3 Å². The largest absolute Gasteiger partial charge is 0.469 e. The molecule has 0 spiro atoms. The minimum absolute atomic E-state index is 0.0503. The number of ether oxygens (including phenoxy) is 1. The zero-order valence-corrected chi connectivity index (χ0v) is 20.6. The molecular weight excluding hydrogens is 522 g/mol. The molecule has 0 fully saturated rings. The molecule has 1 N–H and O–H groups in total. The highest BCUT2D eigenvalue weighted by Crippen LogP contribution is 2.56. The van der Waals surface area contributed by atoms with Crippen LogP contribution < -0.4 is 5.32 Å². The molecule has 0 radical (unpaired) electrons. The lowest BCUT2D eigenvalue weighted by Gasteiger charge is -2.42. The molecule has 3 rings (SSSR count). The molecule has 1 aliphatic rings. The monoisotopic (exact) mass is 547 g/mol. The highest BCUT2D eigenvalue weighted by atomic mass is 19.4. The third kappa shape index (κ3) is 6.19. The van der Waals surface area contributed by atoms with Crippen LogP contribution in [0.5, 0.6) is 0 Å². The Balaban J connectivity index is 2.29. The second kappa shape index (κ2) is 10.8. The first-order chi connectivity index (χ1) is 17.6. The number of halogens is 8. The molecule has 11 heteroatoms. The van der Waals surface area contributed by atoms with Gasteiger partial charge in [-0.05, 0) is 72.4 Å². The van der Waals surface area contributed by atoms with Crippen molar-refractivity contribution in [2.45, 2.75) is 39.0 Å². The van der Waals surface area contributed by atoms with Crippen molar-refractivity contribution < 1.29 is 44.7 Å². The molecule has 1 aliphatic carbocycles. The number of carbonyl (C=O) groups is 1. The van der Waals surface area contributed by atoms with Crippen LogP contribution in [0, 0.1) is 28.9 Å². The molecule has 0 bridgehead atoms. The molecule has 206 valence electrons. The van der Waals surface area contributed by atoms with Crippen LogP contribution in [0.25, 0.3) is 5.57 Å². The van der Waals surface area contributed by atoms with Crippen molar-refractivity contribution in [1.29, 1.82) is 0 Å². The van der Waals surface area contributed by atoms with E-state index in [4.69, 9.17) is 4.74 Å². The van der Waals surface area contributed by atoms with Gasteiger partial charge in [-0.3, -0.25) is 4.79 Å². The third-order valence-electron chi connectivity index (χ3n) is 6.33. The van der Waals surface area contributed by atoms with Gasteiger partial charge in [-0.25, -0.2) is 8.78 Å². The van der Waals surface area contributed by atoms with Gasteiger partial charge in [0.05, 0.1) is 24.3 Å². The number of alkyl halides is 6. The lowest BCUT2D eigenvalue weighted by Crippen LogP contribution is -2.48. The molecule has 2 aromatic rings. The Labute approximate surface area is 214 Å². The number of benzene rings is 2. The van der Waals surface area contributed by atoms with Crippen LogP contribution in [0.2, 0.25) is 0 Å². The maximum Gasteiger partial charge on any atom is 0.418 e. The summed E-state index contributed by atoms with van der Waals surface area (Å²) in [6.07, 6.45) is -9.32. The SMILES string of the molecule is COC(=O)C(CC(C)C)C1(C(F)(F)F)C=C(Nc2ccc(F)cc2C(F)(F)F)C=C(c2cccc(F)c2)C1. The Bertz CT molecular complexity index is 1250. The molecule has 2 aromatic carbocycles. The van der Waals surface area contributed by atoms with Crippen LogP contribution in [-0.2, 0) is 15.7 Å². The van der Waals surface area contributed by atoms with Crippen LogP contribution >= 0.6 is 0 Å². The van der Waals surface area contributed by atoms with E-state index in [1.54, 1.807) is 13.8 Å². The van der Waals surface area contributed by atoms with E-state index in [2.05, 4.69) is 5.32 Å². The van der Waals surface area contributed by atoms with Gasteiger partial charge in [0.2, 0.25) is 0 Å². The summed E-state index contributed by atoms with van der Waals surface area (Å²) >= 11 is 0. The number of carbonyl (C=O) groups excluding carboxylic acids is 1. The first-order valence-electron chi connectivity index (χ1n) is 11.5. The fourth-order valence-electron chi connectivity index (χ4n) is 4.62. The molecule has 0 heterocycles. The molecule has 0 saturated heterocycles. The van der Waals surface area contributed by atoms with Crippen molar-refractivity contribution in [2.75, 3.05) is 12.4 Å². The number of allylic oxidation sites excluding steroid dienone is 3. The average molecular weight is 547 g/mol. The summed E-state index contributed by atoms with van der Waals surface area (Å²) in [4.78, 5) is 12.7. The summed E-state index contributed by atoms with van der Waals surface area (Å²) < 4.78 is 118. The van der Waals surface area contributed by atoms with E-state index in [1.165, 1.54) is 12.1 Å². The zero-order valence-electron chi connectivity index (χ0n) is 20.6. The summed E-state index contributed by atoms with van der Waals surface area (Å²) in [5.41, 5.74) is -5.50. The second-order valence-electron chi connectivity index (χ2n) is 9.51. The van der Waals surface area contributed by atoms with Gasteiger partial charge in [0, 0.05) is 5.70 Å². The summed E-state index contributed by atoms with van der Waals surface area (Å²) in [5.74, 6) is -5.24. The van der Waals surface area contributed by atoms with Crippen LogP contribution in [0.4, 0.5) is 40.8 Å².